The van der Waals surface area contributed by atoms with Gasteiger partial charge in [0.05, 0.1) is 37.7 Å². The van der Waals surface area contributed by atoms with E-state index < -0.39 is 11.2 Å². The summed E-state index contributed by atoms with van der Waals surface area (Å²) in [6, 6.07) is 13.1. The molecule has 2 aromatic carbocycles. The molecule has 1 atom stereocenters. The maximum absolute atomic E-state index is 13.1. The number of carbonyl (C=O) groups excluding carboxylic acids is 1. The Kier molecular flexibility index (Phi) is 9.20. The van der Waals surface area contributed by atoms with Gasteiger partial charge >= 0.3 is 5.97 Å². The van der Waals surface area contributed by atoms with Crippen LogP contribution in [0.4, 0.5) is 11.5 Å². The van der Waals surface area contributed by atoms with Crippen molar-refractivity contribution in [3.05, 3.63) is 53.1 Å². The molecule has 4 N–H and O–H groups in total. The van der Waals surface area contributed by atoms with Crippen LogP contribution in [0.5, 0.6) is 17.2 Å². The molecule has 1 amide bonds. The lowest BCUT2D eigenvalue weighted by Gasteiger charge is -2.19. The average Bonchev–Trinajstić information content (AvgIpc) is 2.94. The normalized spacial score (nSPS) is 11.0. The van der Waals surface area contributed by atoms with Crippen LogP contribution in [0.3, 0.4) is 0 Å². The molecule has 0 aliphatic carbocycles. The second-order valence-corrected chi connectivity index (χ2v) is 9.14. The number of nitrogens with one attached hydrogen (secondary N) is 1. The number of carboxylic acids is 1. The number of nitrogens with zero attached hydrogens (tertiary/aromatic N) is 3. The molecule has 3 aromatic rings. The van der Waals surface area contributed by atoms with Crippen molar-refractivity contribution >= 4 is 35.1 Å². The lowest BCUT2D eigenvalue weighted by Crippen LogP contribution is -2.25. The zero-order valence-corrected chi connectivity index (χ0v) is 22.4. The number of anilines is 2. The number of amides is 1. The van der Waals surface area contributed by atoms with E-state index in [2.05, 4.69) is 16.4 Å². The van der Waals surface area contributed by atoms with Crippen molar-refractivity contribution in [1.29, 1.82) is 10.5 Å². The smallest absolute Gasteiger partial charge is 0.335 e. The molecule has 1 aromatic heterocycles. The van der Waals surface area contributed by atoms with Crippen molar-refractivity contribution in [2.45, 2.75) is 23.6 Å². The van der Waals surface area contributed by atoms with Gasteiger partial charge in [-0.25, -0.2) is 9.78 Å². The van der Waals surface area contributed by atoms with E-state index >= 15 is 0 Å². The largest absolute Gasteiger partial charge is 0.493 e. The third kappa shape index (κ3) is 5.98. The summed E-state index contributed by atoms with van der Waals surface area (Å²) in [4.78, 5) is 28.5. The number of nitrogen functional groups attached to an aromatic ring is 1. The SMILES string of the molecule is CCC(Sc1nc(N)c(C#N)c(-c2cc(OC)c(OC)c(OC)c2)c1C#N)C(=O)Nc1ccc(C(=O)O)cc1. The van der Waals surface area contributed by atoms with Gasteiger partial charge in [-0.2, -0.15) is 10.5 Å². The number of carboxylic acid groups (broad SMARTS) is 1. The summed E-state index contributed by atoms with van der Waals surface area (Å²) in [5.74, 6) is -0.619. The maximum Gasteiger partial charge on any atom is 0.335 e. The topological polar surface area (TPSA) is 181 Å². The fourth-order valence-corrected chi connectivity index (χ4v) is 4.79. The standard InChI is InChI=1S/C27H25N5O6S/c1-5-21(25(33)31-16-8-6-14(7-9-16)27(34)35)39-26-18(13-29)22(17(12-28)24(30)32-26)15-10-19(36-2)23(38-4)20(11-15)37-3/h6-11,21H,5H2,1-4H3,(H2,30,32)(H,31,33)(H,34,35). The molecule has 0 radical (unpaired) electrons. The van der Waals surface area contributed by atoms with E-state index in [4.69, 9.17) is 25.1 Å². The highest BCUT2D eigenvalue weighted by molar-refractivity contribution is 8.00. The van der Waals surface area contributed by atoms with Crippen molar-refractivity contribution in [3.63, 3.8) is 0 Å². The summed E-state index contributed by atoms with van der Waals surface area (Å²) in [7, 11) is 4.34. The van der Waals surface area contributed by atoms with E-state index in [-0.39, 0.29) is 39.0 Å². The molecule has 0 spiro atoms. The van der Waals surface area contributed by atoms with Crippen molar-refractivity contribution in [2.24, 2.45) is 0 Å². The molecule has 0 aliphatic rings. The fourth-order valence-electron chi connectivity index (χ4n) is 3.77. The Labute approximate surface area is 229 Å². The van der Waals surface area contributed by atoms with Gasteiger partial charge in [0.1, 0.15) is 28.5 Å². The van der Waals surface area contributed by atoms with Crippen molar-refractivity contribution < 1.29 is 28.9 Å². The summed E-state index contributed by atoms with van der Waals surface area (Å²) in [6.45, 7) is 1.80. The molecule has 200 valence electrons. The Hall–Kier alpha value is -4.94. The number of thioether (sulfide) groups is 1. The van der Waals surface area contributed by atoms with Crippen molar-refractivity contribution in [1.82, 2.24) is 4.98 Å². The van der Waals surface area contributed by atoms with Crippen LogP contribution < -0.4 is 25.3 Å². The molecule has 0 bridgehead atoms. The first-order chi connectivity index (χ1) is 18.7. The number of nitrogens with two attached hydrogens (primary N) is 1. The van der Waals surface area contributed by atoms with Crippen molar-refractivity contribution in [3.8, 4) is 40.5 Å². The van der Waals surface area contributed by atoms with Gasteiger partial charge in [0.15, 0.2) is 11.5 Å². The fraction of sp³-hybridized carbons (Fsp3) is 0.222. The van der Waals surface area contributed by atoms with Crippen LogP contribution in [-0.2, 0) is 4.79 Å². The monoisotopic (exact) mass is 547 g/mol. The number of hydrogen-bond acceptors (Lipinski definition) is 10. The van der Waals surface area contributed by atoms with Gasteiger partial charge in [-0.05, 0) is 48.4 Å². The van der Waals surface area contributed by atoms with E-state index in [0.29, 0.717) is 34.9 Å². The van der Waals surface area contributed by atoms with Crippen molar-refractivity contribution in [2.75, 3.05) is 32.4 Å². The number of rotatable bonds is 10. The summed E-state index contributed by atoms with van der Waals surface area (Å²) < 4.78 is 16.2. The number of pyridine rings is 1. The van der Waals surface area contributed by atoms with E-state index in [9.17, 15) is 20.1 Å². The highest BCUT2D eigenvalue weighted by Gasteiger charge is 2.27. The summed E-state index contributed by atoms with van der Waals surface area (Å²) in [5, 5.41) is 31.3. The Morgan fingerprint density at radius 3 is 2.10 bits per heavy atom. The summed E-state index contributed by atoms with van der Waals surface area (Å²) in [5.41, 5.74) is 7.32. The molecular weight excluding hydrogens is 522 g/mol. The second kappa shape index (κ2) is 12.5. The first-order valence-corrected chi connectivity index (χ1v) is 12.4. The first kappa shape index (κ1) is 28.6. The molecule has 1 heterocycles. The minimum Gasteiger partial charge on any atom is -0.493 e. The highest BCUT2D eigenvalue weighted by Crippen LogP contribution is 2.44. The Balaban J connectivity index is 2.07. The van der Waals surface area contributed by atoms with Gasteiger partial charge in [0.25, 0.3) is 0 Å². The lowest BCUT2D eigenvalue weighted by atomic mass is 9.96. The molecule has 12 heteroatoms. The number of methoxy groups -OCH3 is 3. The van der Waals surface area contributed by atoms with E-state index in [1.807, 2.05) is 6.07 Å². The molecular formula is C27H25N5O6S. The predicted octanol–water partition coefficient (Wildman–Crippen LogP) is 4.31. The van der Waals surface area contributed by atoms with Crippen LogP contribution in [-0.4, -0.2) is 48.5 Å². The number of ether oxygens (including phenoxy) is 3. The average molecular weight is 548 g/mol. The maximum atomic E-state index is 13.1. The predicted molar refractivity (Wildman–Crippen MR) is 145 cm³/mol. The molecule has 39 heavy (non-hydrogen) atoms. The first-order valence-electron chi connectivity index (χ1n) is 11.5. The molecule has 11 nitrogen and oxygen atoms in total. The third-order valence-electron chi connectivity index (χ3n) is 5.69. The van der Waals surface area contributed by atoms with Gasteiger partial charge in [0.2, 0.25) is 11.7 Å². The van der Waals surface area contributed by atoms with Gasteiger partial charge < -0.3 is 30.4 Å². The number of benzene rings is 2. The van der Waals surface area contributed by atoms with Gasteiger partial charge in [-0.15, -0.1) is 0 Å². The Morgan fingerprint density at radius 2 is 1.64 bits per heavy atom. The second-order valence-electron chi connectivity index (χ2n) is 7.95. The van der Waals surface area contributed by atoms with Gasteiger partial charge in [-0.3, -0.25) is 4.79 Å². The molecule has 0 saturated heterocycles. The number of hydrogen-bond donors (Lipinski definition) is 3. The minimum atomic E-state index is -1.08. The number of aromatic nitrogens is 1. The minimum absolute atomic E-state index is 0.0128. The third-order valence-corrected chi connectivity index (χ3v) is 7.04. The van der Waals surface area contributed by atoms with Crippen LogP contribution >= 0.6 is 11.8 Å². The van der Waals surface area contributed by atoms with Gasteiger partial charge in [0, 0.05) is 11.3 Å². The number of aromatic carboxylic acids is 1. The highest BCUT2D eigenvalue weighted by atomic mass is 32.2. The van der Waals surface area contributed by atoms with Crippen LogP contribution in [0, 0.1) is 22.7 Å². The van der Waals surface area contributed by atoms with Crippen LogP contribution in [0.25, 0.3) is 11.1 Å². The van der Waals surface area contributed by atoms with Crippen LogP contribution in [0.2, 0.25) is 0 Å². The summed E-state index contributed by atoms with van der Waals surface area (Å²) in [6.07, 6.45) is 0.371. The van der Waals surface area contributed by atoms with E-state index in [1.54, 1.807) is 19.1 Å². The zero-order valence-electron chi connectivity index (χ0n) is 21.6. The Morgan fingerprint density at radius 1 is 1.05 bits per heavy atom. The number of nitriles is 2. The number of carbonyl (C=O) groups is 2. The van der Waals surface area contributed by atoms with Gasteiger partial charge in [-0.1, -0.05) is 18.7 Å². The quantitative estimate of drug-likeness (QED) is 0.308. The zero-order chi connectivity index (χ0) is 28.7. The molecule has 3 rings (SSSR count). The molecule has 1 unspecified atom stereocenters. The van der Waals surface area contributed by atoms with Crippen LogP contribution in [0.15, 0.2) is 41.4 Å². The lowest BCUT2D eigenvalue weighted by molar-refractivity contribution is -0.115. The summed E-state index contributed by atoms with van der Waals surface area (Å²) >= 11 is 1.03. The van der Waals surface area contributed by atoms with E-state index in [1.165, 1.54) is 45.6 Å². The molecule has 0 saturated carbocycles. The molecule has 0 aliphatic heterocycles. The Bertz CT molecular complexity index is 1470. The van der Waals surface area contributed by atoms with Crippen LogP contribution in [0.1, 0.15) is 34.8 Å². The molecule has 0 fully saturated rings. The van der Waals surface area contributed by atoms with E-state index in [0.717, 1.165) is 11.8 Å².